The number of rotatable bonds is 5. The van der Waals surface area contributed by atoms with Gasteiger partial charge in [-0.2, -0.15) is 10.4 Å². The molecule has 0 atom stereocenters. The van der Waals surface area contributed by atoms with E-state index in [4.69, 9.17) is 10.5 Å². The molecule has 0 spiro atoms. The van der Waals surface area contributed by atoms with Crippen molar-refractivity contribution in [1.29, 1.82) is 5.26 Å². The first-order chi connectivity index (χ1) is 13.0. The van der Waals surface area contributed by atoms with Gasteiger partial charge in [-0.1, -0.05) is 6.92 Å². The Morgan fingerprint density at radius 2 is 2.04 bits per heavy atom. The lowest BCUT2D eigenvalue weighted by Crippen LogP contribution is -2.01. The Balaban J connectivity index is 2.23. The predicted molar refractivity (Wildman–Crippen MR) is 103 cm³/mol. The third-order valence-electron chi connectivity index (χ3n) is 4.31. The number of nitriles is 1. The maximum absolute atomic E-state index is 9.73. The third-order valence-corrected chi connectivity index (χ3v) is 4.31. The molecule has 0 amide bonds. The van der Waals surface area contributed by atoms with Crippen LogP contribution in [0.3, 0.4) is 0 Å². The summed E-state index contributed by atoms with van der Waals surface area (Å²) in [5.74, 6) is 0.664. The molecule has 0 radical (unpaired) electrons. The number of aryl methyl sites for hydroxylation is 2. The molecule has 138 valence electrons. The molecule has 3 rings (SSSR count). The SMILES string of the molecule is CCCn1cc(-c2cc(-c3ccc(O)cc3OC)c(C#N)c(N)n2)c(C)n1. The van der Waals surface area contributed by atoms with E-state index >= 15 is 0 Å². The Morgan fingerprint density at radius 3 is 2.70 bits per heavy atom. The third kappa shape index (κ3) is 3.42. The number of hydrogen-bond donors (Lipinski definition) is 2. The fourth-order valence-electron chi connectivity index (χ4n) is 3.05. The zero-order valence-electron chi connectivity index (χ0n) is 15.5. The van der Waals surface area contributed by atoms with Crippen LogP contribution in [0.5, 0.6) is 11.5 Å². The molecule has 0 fully saturated rings. The highest BCUT2D eigenvalue weighted by Crippen LogP contribution is 2.38. The van der Waals surface area contributed by atoms with Crippen molar-refractivity contribution in [3.63, 3.8) is 0 Å². The standard InChI is InChI=1S/C20H21N5O2/c1-4-7-25-11-17(12(2)24-25)18-9-15(16(10-21)20(22)23-18)14-6-5-13(26)8-19(14)27-3/h5-6,8-9,11,26H,4,7H2,1-3H3,(H2,22,23). The Hall–Kier alpha value is -3.53. The van der Waals surface area contributed by atoms with Crippen LogP contribution >= 0.6 is 0 Å². The van der Waals surface area contributed by atoms with Crippen LogP contribution in [0.1, 0.15) is 24.6 Å². The number of nitrogens with two attached hydrogens (primary N) is 1. The predicted octanol–water partition coefficient (Wildman–Crippen LogP) is 3.50. The summed E-state index contributed by atoms with van der Waals surface area (Å²) < 4.78 is 7.25. The molecule has 0 saturated heterocycles. The average molecular weight is 363 g/mol. The van der Waals surface area contributed by atoms with Crippen LogP contribution in [-0.4, -0.2) is 27.0 Å². The normalized spacial score (nSPS) is 10.6. The number of hydrogen-bond acceptors (Lipinski definition) is 6. The van der Waals surface area contributed by atoms with Crippen LogP contribution in [0, 0.1) is 18.3 Å². The highest BCUT2D eigenvalue weighted by molar-refractivity contribution is 5.83. The van der Waals surface area contributed by atoms with Crippen molar-refractivity contribution in [3.05, 3.63) is 41.7 Å². The zero-order chi connectivity index (χ0) is 19.6. The summed E-state index contributed by atoms with van der Waals surface area (Å²) in [6, 6.07) is 8.66. The van der Waals surface area contributed by atoms with Crippen LogP contribution in [0.25, 0.3) is 22.4 Å². The molecule has 1 aromatic carbocycles. The molecule has 27 heavy (non-hydrogen) atoms. The van der Waals surface area contributed by atoms with E-state index in [1.165, 1.54) is 13.2 Å². The molecule has 3 N–H and O–H groups in total. The van der Waals surface area contributed by atoms with E-state index in [0.29, 0.717) is 22.6 Å². The molecule has 2 heterocycles. The second kappa shape index (κ2) is 7.38. The van der Waals surface area contributed by atoms with E-state index in [1.54, 1.807) is 12.1 Å². The highest BCUT2D eigenvalue weighted by Gasteiger charge is 2.18. The Bertz CT molecular complexity index is 1030. The van der Waals surface area contributed by atoms with Gasteiger partial charge in [0.05, 0.1) is 18.5 Å². The van der Waals surface area contributed by atoms with Crippen molar-refractivity contribution >= 4 is 5.82 Å². The molecular formula is C20H21N5O2. The van der Waals surface area contributed by atoms with E-state index < -0.39 is 0 Å². The second-order valence-corrected chi connectivity index (χ2v) is 6.20. The number of pyridine rings is 1. The van der Waals surface area contributed by atoms with E-state index in [9.17, 15) is 10.4 Å². The van der Waals surface area contributed by atoms with Gasteiger partial charge in [-0.15, -0.1) is 0 Å². The largest absolute Gasteiger partial charge is 0.508 e. The van der Waals surface area contributed by atoms with Gasteiger partial charge in [0.1, 0.15) is 28.9 Å². The number of methoxy groups -OCH3 is 1. The highest BCUT2D eigenvalue weighted by atomic mass is 16.5. The molecule has 0 bridgehead atoms. The van der Waals surface area contributed by atoms with Crippen LogP contribution in [0.15, 0.2) is 30.5 Å². The molecule has 7 nitrogen and oxygen atoms in total. The molecule has 0 aliphatic rings. The van der Waals surface area contributed by atoms with Gasteiger partial charge in [-0.05, 0) is 31.5 Å². The van der Waals surface area contributed by atoms with Gasteiger partial charge >= 0.3 is 0 Å². The van der Waals surface area contributed by atoms with Crippen LogP contribution < -0.4 is 10.5 Å². The van der Waals surface area contributed by atoms with Gasteiger partial charge in [-0.25, -0.2) is 4.98 Å². The summed E-state index contributed by atoms with van der Waals surface area (Å²) in [5.41, 5.74) is 9.94. The van der Waals surface area contributed by atoms with Crippen molar-refractivity contribution in [2.24, 2.45) is 0 Å². The molecular weight excluding hydrogens is 342 g/mol. The topological polar surface area (TPSA) is 110 Å². The Labute approximate surface area is 157 Å². The van der Waals surface area contributed by atoms with E-state index in [0.717, 1.165) is 24.2 Å². The smallest absolute Gasteiger partial charge is 0.142 e. The minimum Gasteiger partial charge on any atom is -0.508 e. The zero-order valence-corrected chi connectivity index (χ0v) is 15.5. The number of aromatic hydroxyl groups is 1. The van der Waals surface area contributed by atoms with Gasteiger partial charge < -0.3 is 15.6 Å². The fourth-order valence-corrected chi connectivity index (χ4v) is 3.05. The molecule has 0 aliphatic carbocycles. The molecule has 0 aliphatic heterocycles. The molecule has 2 aromatic heterocycles. The molecule has 0 saturated carbocycles. The van der Waals surface area contributed by atoms with Crippen molar-refractivity contribution in [2.45, 2.75) is 26.8 Å². The summed E-state index contributed by atoms with van der Waals surface area (Å²) in [7, 11) is 1.51. The lowest BCUT2D eigenvalue weighted by molar-refractivity contribution is 0.409. The minimum atomic E-state index is 0.0769. The van der Waals surface area contributed by atoms with Crippen molar-refractivity contribution in [2.75, 3.05) is 12.8 Å². The monoisotopic (exact) mass is 363 g/mol. The first-order valence-corrected chi connectivity index (χ1v) is 8.60. The lowest BCUT2D eigenvalue weighted by atomic mass is 9.97. The number of ether oxygens (including phenoxy) is 1. The Morgan fingerprint density at radius 1 is 1.26 bits per heavy atom. The van der Waals surface area contributed by atoms with Gasteiger partial charge in [0.25, 0.3) is 0 Å². The van der Waals surface area contributed by atoms with Crippen LogP contribution in [0.2, 0.25) is 0 Å². The van der Waals surface area contributed by atoms with Crippen LogP contribution in [-0.2, 0) is 6.54 Å². The summed E-state index contributed by atoms with van der Waals surface area (Å²) in [4.78, 5) is 4.42. The van der Waals surface area contributed by atoms with Crippen molar-refractivity contribution < 1.29 is 9.84 Å². The summed E-state index contributed by atoms with van der Waals surface area (Å²) in [6.07, 6.45) is 2.91. The number of nitrogen functional groups attached to an aromatic ring is 1. The number of benzene rings is 1. The van der Waals surface area contributed by atoms with Gasteiger partial charge in [0, 0.05) is 35.5 Å². The quantitative estimate of drug-likeness (QED) is 0.718. The number of aromatic nitrogens is 3. The molecule has 0 unspecified atom stereocenters. The Kier molecular flexibility index (Phi) is 4.99. The first-order valence-electron chi connectivity index (χ1n) is 8.60. The maximum Gasteiger partial charge on any atom is 0.142 e. The van der Waals surface area contributed by atoms with E-state index in [2.05, 4.69) is 23.1 Å². The number of phenolic OH excluding ortho intramolecular Hbond substituents is 1. The van der Waals surface area contributed by atoms with Gasteiger partial charge in [0.15, 0.2) is 0 Å². The van der Waals surface area contributed by atoms with Gasteiger partial charge in [-0.3, -0.25) is 4.68 Å². The average Bonchev–Trinajstić information content (AvgIpc) is 3.01. The number of anilines is 1. The molecule has 7 heteroatoms. The fraction of sp³-hybridized carbons (Fsp3) is 0.250. The minimum absolute atomic E-state index is 0.0769. The van der Waals surface area contributed by atoms with E-state index in [1.807, 2.05) is 23.9 Å². The maximum atomic E-state index is 9.73. The first kappa shape index (κ1) is 18.3. The molecule has 3 aromatic rings. The summed E-state index contributed by atoms with van der Waals surface area (Å²) >= 11 is 0. The van der Waals surface area contributed by atoms with Crippen molar-refractivity contribution in [1.82, 2.24) is 14.8 Å². The van der Waals surface area contributed by atoms with Gasteiger partial charge in [0.2, 0.25) is 0 Å². The summed E-state index contributed by atoms with van der Waals surface area (Å²) in [6.45, 7) is 4.81. The summed E-state index contributed by atoms with van der Waals surface area (Å²) in [5, 5.41) is 23.8. The van der Waals surface area contributed by atoms with E-state index in [-0.39, 0.29) is 17.1 Å². The second-order valence-electron chi connectivity index (χ2n) is 6.20. The lowest BCUT2D eigenvalue weighted by Gasteiger charge is -2.13. The number of phenols is 1. The van der Waals surface area contributed by atoms with Crippen LogP contribution in [0.4, 0.5) is 5.82 Å². The van der Waals surface area contributed by atoms with Crippen molar-refractivity contribution in [3.8, 4) is 40.0 Å². The number of nitrogens with zero attached hydrogens (tertiary/aromatic N) is 4.